The molecule has 0 fully saturated rings. The minimum atomic E-state index is -0.425. The summed E-state index contributed by atoms with van der Waals surface area (Å²) in [6.45, 7) is 0. The Kier molecular flexibility index (Phi) is 4.25. The lowest BCUT2D eigenvalue weighted by Gasteiger charge is -2.04. The van der Waals surface area contributed by atoms with Gasteiger partial charge in [-0.15, -0.1) is 0 Å². The van der Waals surface area contributed by atoms with Gasteiger partial charge in [0.1, 0.15) is 5.82 Å². The van der Waals surface area contributed by atoms with Gasteiger partial charge in [0.15, 0.2) is 0 Å². The standard InChI is InChI=1S/C21H17N5O2/c22-16-7-1-13(2-8-16)19-20(14-3-9-17(23)10-4-14)25-21(24-19)15-5-11-18(12-6-15)26(27)28/h1-12H,22-23H2,(H,24,25). The Morgan fingerprint density at radius 3 is 1.79 bits per heavy atom. The summed E-state index contributed by atoms with van der Waals surface area (Å²) in [5.41, 5.74) is 17.2. The van der Waals surface area contributed by atoms with Crippen LogP contribution >= 0.6 is 0 Å². The Hall–Kier alpha value is -4.13. The van der Waals surface area contributed by atoms with Crippen LogP contribution in [0.5, 0.6) is 0 Å². The van der Waals surface area contributed by atoms with E-state index in [-0.39, 0.29) is 5.69 Å². The van der Waals surface area contributed by atoms with Crippen molar-refractivity contribution in [2.45, 2.75) is 0 Å². The van der Waals surface area contributed by atoms with Gasteiger partial charge in [-0.1, -0.05) is 24.3 Å². The molecule has 7 heteroatoms. The summed E-state index contributed by atoms with van der Waals surface area (Å²) >= 11 is 0. The van der Waals surface area contributed by atoms with Crippen molar-refractivity contribution in [2.24, 2.45) is 0 Å². The van der Waals surface area contributed by atoms with Crippen LogP contribution < -0.4 is 11.5 Å². The first-order valence-corrected chi connectivity index (χ1v) is 8.58. The predicted octanol–water partition coefficient (Wildman–Crippen LogP) is 4.48. The molecule has 0 radical (unpaired) electrons. The smallest absolute Gasteiger partial charge is 0.269 e. The lowest BCUT2D eigenvalue weighted by Crippen LogP contribution is -1.88. The van der Waals surface area contributed by atoms with Gasteiger partial charge in [-0.25, -0.2) is 4.98 Å². The van der Waals surface area contributed by atoms with E-state index < -0.39 is 4.92 Å². The van der Waals surface area contributed by atoms with E-state index in [0.717, 1.165) is 28.1 Å². The number of rotatable bonds is 4. The zero-order chi connectivity index (χ0) is 19.7. The van der Waals surface area contributed by atoms with Crippen LogP contribution in [0.25, 0.3) is 33.9 Å². The summed E-state index contributed by atoms with van der Waals surface area (Å²) in [4.78, 5) is 18.6. The average molecular weight is 371 g/mol. The minimum absolute atomic E-state index is 0.0350. The van der Waals surface area contributed by atoms with E-state index in [0.29, 0.717) is 17.2 Å². The predicted molar refractivity (Wildman–Crippen MR) is 110 cm³/mol. The maximum atomic E-state index is 10.9. The minimum Gasteiger partial charge on any atom is -0.399 e. The summed E-state index contributed by atoms with van der Waals surface area (Å²) in [6.07, 6.45) is 0. The van der Waals surface area contributed by atoms with Crippen LogP contribution in [0.1, 0.15) is 0 Å². The summed E-state index contributed by atoms with van der Waals surface area (Å²) in [7, 11) is 0. The number of aromatic amines is 1. The van der Waals surface area contributed by atoms with Crippen molar-refractivity contribution in [1.82, 2.24) is 9.97 Å². The number of aromatic nitrogens is 2. The third-order valence-electron chi connectivity index (χ3n) is 4.44. The number of hydrogen-bond donors (Lipinski definition) is 3. The zero-order valence-electron chi connectivity index (χ0n) is 14.8. The van der Waals surface area contributed by atoms with Crippen molar-refractivity contribution in [1.29, 1.82) is 0 Å². The Morgan fingerprint density at radius 2 is 1.25 bits per heavy atom. The lowest BCUT2D eigenvalue weighted by atomic mass is 10.0. The highest BCUT2D eigenvalue weighted by Gasteiger charge is 2.16. The Morgan fingerprint density at radius 1 is 0.750 bits per heavy atom. The number of benzene rings is 3. The van der Waals surface area contributed by atoms with Crippen LogP contribution in [-0.2, 0) is 0 Å². The number of hydrogen-bond acceptors (Lipinski definition) is 5. The second kappa shape index (κ2) is 6.88. The molecule has 0 spiro atoms. The van der Waals surface area contributed by atoms with Crippen molar-refractivity contribution >= 4 is 17.1 Å². The fourth-order valence-corrected chi connectivity index (χ4v) is 2.96. The van der Waals surface area contributed by atoms with Gasteiger partial charge in [0.05, 0.1) is 16.3 Å². The maximum Gasteiger partial charge on any atom is 0.269 e. The maximum absolute atomic E-state index is 10.9. The van der Waals surface area contributed by atoms with Gasteiger partial charge in [-0.3, -0.25) is 10.1 Å². The fraction of sp³-hybridized carbons (Fsp3) is 0. The van der Waals surface area contributed by atoms with Gasteiger partial charge in [0, 0.05) is 40.2 Å². The molecular weight excluding hydrogens is 354 g/mol. The van der Waals surface area contributed by atoms with Crippen LogP contribution in [0, 0.1) is 10.1 Å². The molecule has 0 unspecified atom stereocenters. The van der Waals surface area contributed by atoms with Gasteiger partial charge < -0.3 is 16.5 Å². The molecule has 1 heterocycles. The van der Waals surface area contributed by atoms with Crippen LogP contribution in [0.15, 0.2) is 72.8 Å². The zero-order valence-corrected chi connectivity index (χ0v) is 14.8. The Balaban J connectivity index is 1.84. The molecule has 28 heavy (non-hydrogen) atoms. The molecule has 0 bridgehead atoms. The highest BCUT2D eigenvalue weighted by Crippen LogP contribution is 2.34. The van der Waals surface area contributed by atoms with Gasteiger partial charge in [0.25, 0.3) is 5.69 Å². The molecule has 0 aliphatic rings. The molecule has 0 saturated heterocycles. The molecule has 0 aliphatic heterocycles. The molecule has 0 aliphatic carbocycles. The number of H-pyrrole nitrogens is 1. The molecule has 0 amide bonds. The van der Waals surface area contributed by atoms with E-state index in [1.54, 1.807) is 12.1 Å². The number of nitrogens with zero attached hydrogens (tertiary/aromatic N) is 2. The van der Waals surface area contributed by atoms with Gasteiger partial charge in [-0.05, 0) is 36.4 Å². The number of nitrogen functional groups attached to an aromatic ring is 2. The highest BCUT2D eigenvalue weighted by atomic mass is 16.6. The van der Waals surface area contributed by atoms with E-state index in [9.17, 15) is 10.1 Å². The SMILES string of the molecule is Nc1ccc(-c2nc(-c3ccc([N+](=O)[O-])cc3)[nH]c2-c2ccc(N)cc2)cc1. The molecule has 0 atom stereocenters. The van der Waals surface area contributed by atoms with Crippen LogP contribution in [0.4, 0.5) is 17.1 Å². The number of non-ortho nitro benzene ring substituents is 1. The monoisotopic (exact) mass is 371 g/mol. The van der Waals surface area contributed by atoms with Crippen molar-refractivity contribution in [3.63, 3.8) is 0 Å². The first-order valence-electron chi connectivity index (χ1n) is 8.58. The molecule has 5 N–H and O–H groups in total. The highest BCUT2D eigenvalue weighted by molar-refractivity contribution is 5.82. The molecule has 138 valence electrons. The van der Waals surface area contributed by atoms with Gasteiger partial charge in [-0.2, -0.15) is 0 Å². The van der Waals surface area contributed by atoms with E-state index in [1.807, 2.05) is 48.5 Å². The third-order valence-corrected chi connectivity index (χ3v) is 4.44. The normalized spacial score (nSPS) is 10.7. The van der Waals surface area contributed by atoms with Gasteiger partial charge >= 0.3 is 0 Å². The first-order chi connectivity index (χ1) is 13.5. The average Bonchev–Trinajstić information content (AvgIpc) is 3.14. The molecule has 3 aromatic carbocycles. The van der Waals surface area contributed by atoms with Crippen LogP contribution in [-0.4, -0.2) is 14.9 Å². The first kappa shape index (κ1) is 17.3. The number of imidazole rings is 1. The number of nitrogens with two attached hydrogens (primary N) is 2. The summed E-state index contributed by atoms with van der Waals surface area (Å²) in [6, 6.07) is 21.2. The van der Waals surface area contributed by atoms with E-state index in [1.165, 1.54) is 12.1 Å². The molecule has 7 nitrogen and oxygen atoms in total. The Labute approximate surface area is 160 Å². The summed E-state index contributed by atoms with van der Waals surface area (Å²) in [5.74, 6) is 0.619. The van der Waals surface area contributed by atoms with E-state index >= 15 is 0 Å². The van der Waals surface area contributed by atoms with Crippen molar-refractivity contribution in [2.75, 3.05) is 11.5 Å². The quantitative estimate of drug-likeness (QED) is 0.277. The largest absolute Gasteiger partial charge is 0.399 e. The molecule has 4 aromatic rings. The number of nitro groups is 1. The summed E-state index contributed by atoms with van der Waals surface area (Å²) < 4.78 is 0. The van der Waals surface area contributed by atoms with Crippen molar-refractivity contribution in [3.8, 4) is 33.9 Å². The molecule has 1 aromatic heterocycles. The van der Waals surface area contributed by atoms with Crippen molar-refractivity contribution in [3.05, 3.63) is 82.9 Å². The third kappa shape index (κ3) is 3.28. The Bertz CT molecular complexity index is 1070. The fourth-order valence-electron chi connectivity index (χ4n) is 2.96. The van der Waals surface area contributed by atoms with Crippen LogP contribution in [0.3, 0.4) is 0 Å². The second-order valence-electron chi connectivity index (χ2n) is 6.36. The van der Waals surface area contributed by atoms with Crippen LogP contribution in [0.2, 0.25) is 0 Å². The number of nitrogens with one attached hydrogen (secondary N) is 1. The van der Waals surface area contributed by atoms with E-state index in [2.05, 4.69) is 4.98 Å². The van der Waals surface area contributed by atoms with Crippen molar-refractivity contribution < 1.29 is 4.92 Å². The molecule has 0 saturated carbocycles. The lowest BCUT2D eigenvalue weighted by molar-refractivity contribution is -0.384. The topological polar surface area (TPSA) is 124 Å². The number of nitro benzene ring substituents is 1. The van der Waals surface area contributed by atoms with Gasteiger partial charge in [0.2, 0.25) is 0 Å². The number of anilines is 2. The summed E-state index contributed by atoms with van der Waals surface area (Å²) in [5, 5.41) is 10.9. The second-order valence-corrected chi connectivity index (χ2v) is 6.36. The molecule has 4 rings (SSSR count). The van der Waals surface area contributed by atoms with E-state index in [4.69, 9.17) is 16.5 Å². The molecular formula is C21H17N5O2.